The highest BCUT2D eigenvalue weighted by atomic mass is 15.3. The molecule has 0 aromatic carbocycles. The second kappa shape index (κ2) is 5.48. The highest BCUT2D eigenvalue weighted by Crippen LogP contribution is 2.23. The molecule has 2 aliphatic rings. The van der Waals surface area contributed by atoms with E-state index in [4.69, 9.17) is 5.73 Å². The number of rotatable bonds is 3. The van der Waals surface area contributed by atoms with Gasteiger partial charge in [0.15, 0.2) is 0 Å². The quantitative estimate of drug-likeness (QED) is 0.782. The first-order valence-corrected chi connectivity index (χ1v) is 6.90. The number of hydrogen-bond donors (Lipinski definition) is 1. The van der Waals surface area contributed by atoms with Crippen molar-refractivity contribution >= 4 is 0 Å². The fourth-order valence-electron chi connectivity index (χ4n) is 3.16. The molecular formula is C13H27N3. The lowest BCUT2D eigenvalue weighted by atomic mass is 10.0. The van der Waals surface area contributed by atoms with Gasteiger partial charge in [-0.15, -0.1) is 0 Å². The van der Waals surface area contributed by atoms with E-state index >= 15 is 0 Å². The Morgan fingerprint density at radius 3 is 2.69 bits per heavy atom. The Hall–Kier alpha value is -0.120. The van der Waals surface area contributed by atoms with Crippen LogP contribution in [0.25, 0.3) is 0 Å². The Labute approximate surface area is 100.0 Å². The summed E-state index contributed by atoms with van der Waals surface area (Å²) >= 11 is 0. The van der Waals surface area contributed by atoms with E-state index in [1.165, 1.54) is 45.4 Å². The average Bonchev–Trinajstić information content (AvgIpc) is 2.64. The Balaban J connectivity index is 1.94. The van der Waals surface area contributed by atoms with Gasteiger partial charge >= 0.3 is 0 Å². The van der Waals surface area contributed by atoms with Crippen LogP contribution >= 0.6 is 0 Å². The molecular weight excluding hydrogens is 198 g/mol. The lowest BCUT2D eigenvalue weighted by molar-refractivity contribution is 0.148. The molecule has 3 unspecified atom stereocenters. The summed E-state index contributed by atoms with van der Waals surface area (Å²) in [6, 6.07) is 1.47. The highest BCUT2D eigenvalue weighted by Gasteiger charge is 2.31. The molecule has 0 amide bonds. The van der Waals surface area contributed by atoms with Crippen LogP contribution in [0.4, 0.5) is 0 Å². The Bertz CT molecular complexity index is 219. The summed E-state index contributed by atoms with van der Waals surface area (Å²) in [7, 11) is 0. The Kier molecular flexibility index (Phi) is 4.22. The zero-order valence-electron chi connectivity index (χ0n) is 10.9. The first kappa shape index (κ1) is 12.3. The van der Waals surface area contributed by atoms with Crippen LogP contribution in [0.2, 0.25) is 0 Å². The van der Waals surface area contributed by atoms with Gasteiger partial charge in [-0.2, -0.15) is 0 Å². The summed E-state index contributed by atoms with van der Waals surface area (Å²) in [5.41, 5.74) is 5.79. The fraction of sp³-hybridized carbons (Fsp3) is 1.00. The Morgan fingerprint density at radius 1 is 1.19 bits per heavy atom. The van der Waals surface area contributed by atoms with Crippen LogP contribution in [0.5, 0.6) is 0 Å². The van der Waals surface area contributed by atoms with Gasteiger partial charge in [-0.1, -0.05) is 6.92 Å². The highest BCUT2D eigenvalue weighted by molar-refractivity contribution is 4.87. The van der Waals surface area contributed by atoms with Crippen molar-refractivity contribution in [3.63, 3.8) is 0 Å². The predicted octanol–water partition coefficient (Wildman–Crippen LogP) is 1.14. The fourth-order valence-corrected chi connectivity index (χ4v) is 3.16. The summed E-state index contributed by atoms with van der Waals surface area (Å²) in [5, 5.41) is 0. The predicted molar refractivity (Wildman–Crippen MR) is 68.5 cm³/mol. The van der Waals surface area contributed by atoms with E-state index in [-0.39, 0.29) is 0 Å². The molecule has 0 saturated carbocycles. The molecule has 2 aliphatic heterocycles. The molecule has 0 spiro atoms. The van der Waals surface area contributed by atoms with Crippen LogP contribution in [0, 0.1) is 5.92 Å². The molecule has 2 saturated heterocycles. The SMILES string of the molecule is CC(CN)C(C)N1CCCN2CCCC2C1. The van der Waals surface area contributed by atoms with Crippen LogP contribution in [0.15, 0.2) is 0 Å². The minimum Gasteiger partial charge on any atom is -0.330 e. The molecule has 0 radical (unpaired) electrons. The third-order valence-corrected chi connectivity index (χ3v) is 4.61. The van der Waals surface area contributed by atoms with Crippen molar-refractivity contribution < 1.29 is 0 Å². The third-order valence-electron chi connectivity index (χ3n) is 4.61. The zero-order valence-corrected chi connectivity index (χ0v) is 10.9. The number of hydrogen-bond acceptors (Lipinski definition) is 3. The second-order valence-electron chi connectivity index (χ2n) is 5.63. The van der Waals surface area contributed by atoms with Gasteiger partial charge in [0.1, 0.15) is 0 Å². The largest absolute Gasteiger partial charge is 0.330 e. The maximum absolute atomic E-state index is 5.79. The van der Waals surface area contributed by atoms with Gasteiger partial charge in [0.05, 0.1) is 0 Å². The van der Waals surface area contributed by atoms with E-state index in [1.54, 1.807) is 0 Å². The first-order chi connectivity index (χ1) is 7.72. The smallest absolute Gasteiger partial charge is 0.0223 e. The molecule has 2 heterocycles. The zero-order chi connectivity index (χ0) is 11.5. The van der Waals surface area contributed by atoms with E-state index in [0.29, 0.717) is 12.0 Å². The van der Waals surface area contributed by atoms with Crippen molar-refractivity contribution in [2.75, 3.05) is 32.7 Å². The van der Waals surface area contributed by atoms with Crippen molar-refractivity contribution in [3.05, 3.63) is 0 Å². The summed E-state index contributed by atoms with van der Waals surface area (Å²) in [6.07, 6.45) is 4.14. The van der Waals surface area contributed by atoms with Gasteiger partial charge in [0, 0.05) is 18.6 Å². The average molecular weight is 225 g/mol. The molecule has 3 nitrogen and oxygen atoms in total. The van der Waals surface area contributed by atoms with Gasteiger partial charge in [-0.25, -0.2) is 0 Å². The molecule has 0 bridgehead atoms. The van der Waals surface area contributed by atoms with Crippen molar-refractivity contribution in [2.45, 2.75) is 45.2 Å². The Morgan fingerprint density at radius 2 is 1.94 bits per heavy atom. The van der Waals surface area contributed by atoms with E-state index in [1.807, 2.05) is 0 Å². The molecule has 0 aromatic rings. The molecule has 3 atom stereocenters. The van der Waals surface area contributed by atoms with Crippen molar-refractivity contribution in [1.29, 1.82) is 0 Å². The van der Waals surface area contributed by atoms with Crippen LogP contribution in [-0.4, -0.2) is 54.6 Å². The summed E-state index contributed by atoms with van der Waals surface area (Å²) in [5.74, 6) is 0.618. The van der Waals surface area contributed by atoms with Crippen molar-refractivity contribution in [2.24, 2.45) is 11.7 Å². The van der Waals surface area contributed by atoms with E-state index in [0.717, 1.165) is 12.6 Å². The van der Waals surface area contributed by atoms with Gasteiger partial charge in [0.25, 0.3) is 0 Å². The molecule has 0 aromatic heterocycles. The summed E-state index contributed by atoms with van der Waals surface area (Å²) < 4.78 is 0. The maximum Gasteiger partial charge on any atom is 0.0223 e. The minimum absolute atomic E-state index is 0.618. The molecule has 3 heteroatoms. The number of nitrogens with zero attached hydrogens (tertiary/aromatic N) is 2. The van der Waals surface area contributed by atoms with Crippen LogP contribution < -0.4 is 5.73 Å². The lowest BCUT2D eigenvalue weighted by Crippen LogP contribution is -2.44. The molecule has 16 heavy (non-hydrogen) atoms. The second-order valence-corrected chi connectivity index (χ2v) is 5.63. The monoisotopic (exact) mass is 225 g/mol. The number of nitrogens with two attached hydrogens (primary N) is 1. The lowest BCUT2D eigenvalue weighted by Gasteiger charge is -2.33. The summed E-state index contributed by atoms with van der Waals surface area (Å²) in [4.78, 5) is 5.37. The normalized spacial score (nSPS) is 32.1. The van der Waals surface area contributed by atoms with Gasteiger partial charge in [-0.3, -0.25) is 9.80 Å². The standard InChI is InChI=1S/C13H27N3/c1-11(9-14)12(2)16-8-4-7-15-6-3-5-13(15)10-16/h11-13H,3-10,14H2,1-2H3. The summed E-state index contributed by atoms with van der Waals surface area (Å²) in [6.45, 7) is 10.6. The van der Waals surface area contributed by atoms with Gasteiger partial charge < -0.3 is 5.73 Å². The molecule has 2 fully saturated rings. The molecule has 0 aliphatic carbocycles. The van der Waals surface area contributed by atoms with Gasteiger partial charge in [-0.05, 0) is 58.3 Å². The maximum atomic E-state index is 5.79. The van der Waals surface area contributed by atoms with E-state index < -0.39 is 0 Å². The topological polar surface area (TPSA) is 32.5 Å². The molecule has 2 rings (SSSR count). The van der Waals surface area contributed by atoms with Crippen LogP contribution in [0.3, 0.4) is 0 Å². The van der Waals surface area contributed by atoms with Crippen LogP contribution in [-0.2, 0) is 0 Å². The van der Waals surface area contributed by atoms with E-state index in [2.05, 4.69) is 23.6 Å². The van der Waals surface area contributed by atoms with Gasteiger partial charge in [0.2, 0.25) is 0 Å². The number of fused-ring (bicyclic) bond motifs is 1. The van der Waals surface area contributed by atoms with Crippen LogP contribution in [0.1, 0.15) is 33.1 Å². The first-order valence-electron chi connectivity index (χ1n) is 6.90. The van der Waals surface area contributed by atoms with Crippen molar-refractivity contribution in [1.82, 2.24) is 9.80 Å². The van der Waals surface area contributed by atoms with E-state index in [9.17, 15) is 0 Å². The molecule has 94 valence electrons. The molecule has 2 N–H and O–H groups in total. The minimum atomic E-state index is 0.618. The third kappa shape index (κ3) is 2.58. The van der Waals surface area contributed by atoms with Crippen molar-refractivity contribution in [3.8, 4) is 0 Å².